The van der Waals surface area contributed by atoms with E-state index < -0.39 is 5.91 Å². The van der Waals surface area contributed by atoms with E-state index >= 15 is 0 Å². The number of carbonyl (C=O) groups is 1. The van der Waals surface area contributed by atoms with E-state index in [0.29, 0.717) is 27.7 Å². The molecule has 1 aromatic carbocycles. The molecule has 49 heavy (non-hydrogen) atoms. The fourth-order valence-corrected chi connectivity index (χ4v) is 9.51. The molecule has 4 heterocycles. The number of carbonyl (C=O) groups excluding carboxylic acids is 1. The maximum absolute atomic E-state index is 12.6. The number of pyridine rings is 1. The van der Waals surface area contributed by atoms with E-state index in [1.165, 1.54) is 84.4 Å². The molecule has 1 amide bonds. The van der Waals surface area contributed by atoms with Gasteiger partial charge < -0.3 is 20.7 Å². The van der Waals surface area contributed by atoms with E-state index in [-0.39, 0.29) is 12.0 Å². The highest BCUT2D eigenvalue weighted by atomic mass is 35.5. The van der Waals surface area contributed by atoms with E-state index in [4.69, 9.17) is 27.1 Å². The second kappa shape index (κ2) is 14.8. The van der Waals surface area contributed by atoms with Crippen LogP contribution in [0.15, 0.2) is 78.3 Å². The third-order valence-electron chi connectivity index (χ3n) is 11.1. The lowest BCUT2D eigenvalue weighted by Crippen LogP contribution is -2.50. The summed E-state index contributed by atoms with van der Waals surface area (Å²) in [4.78, 5) is 20.2. The summed E-state index contributed by atoms with van der Waals surface area (Å²) in [5, 5.41) is 5.43. The Balaban J connectivity index is 1.08. The second-order valence-electron chi connectivity index (χ2n) is 14.7. The van der Waals surface area contributed by atoms with Gasteiger partial charge in [0.1, 0.15) is 21.7 Å². The van der Waals surface area contributed by atoms with Gasteiger partial charge in [-0.1, -0.05) is 87.5 Å². The molecule has 2 aliphatic carbocycles. The zero-order valence-corrected chi connectivity index (χ0v) is 30.5. The van der Waals surface area contributed by atoms with Crippen LogP contribution in [0, 0.1) is 17.8 Å². The van der Waals surface area contributed by atoms with E-state index in [0.717, 1.165) is 41.7 Å². The van der Waals surface area contributed by atoms with Crippen LogP contribution in [0.4, 0.5) is 5.00 Å². The van der Waals surface area contributed by atoms with Crippen molar-refractivity contribution in [1.82, 2.24) is 10.3 Å². The topological polar surface area (TPSA) is 80.5 Å². The molecule has 1 saturated carbocycles. The highest BCUT2D eigenvalue weighted by Gasteiger charge is 2.36. The van der Waals surface area contributed by atoms with Gasteiger partial charge in [0.15, 0.2) is 0 Å². The number of rotatable bonds is 8. The molecule has 0 radical (unpaired) electrons. The number of halogens is 1. The highest BCUT2D eigenvalue weighted by molar-refractivity contribution is 7.18. The van der Waals surface area contributed by atoms with E-state index in [1.54, 1.807) is 0 Å². The molecular formula is C41H49ClN4O2S. The summed E-state index contributed by atoms with van der Waals surface area (Å²) in [6.45, 7) is 6.66. The summed E-state index contributed by atoms with van der Waals surface area (Å²) >= 11 is 7.83. The predicted molar refractivity (Wildman–Crippen MR) is 202 cm³/mol. The number of nitrogens with zero attached hydrogens (tertiary/aromatic N) is 2. The quantitative estimate of drug-likeness (QED) is 0.245. The summed E-state index contributed by atoms with van der Waals surface area (Å²) in [5.41, 5.74) is 13.0. The molecular weight excluding hydrogens is 648 g/mol. The molecule has 0 spiro atoms. The lowest BCUT2D eigenvalue weighted by molar-refractivity contribution is 0.0998. The highest BCUT2D eigenvalue weighted by Crippen LogP contribution is 2.46. The average Bonchev–Trinajstić information content (AvgIpc) is 3.35. The fraction of sp³-hybridized carbons (Fsp3) is 0.463. The number of thiophene rings is 1. The molecule has 2 aliphatic heterocycles. The Morgan fingerprint density at radius 3 is 2.71 bits per heavy atom. The van der Waals surface area contributed by atoms with E-state index in [2.05, 4.69) is 60.7 Å². The van der Waals surface area contributed by atoms with Gasteiger partial charge in [0.2, 0.25) is 0 Å². The number of nitrogens with two attached hydrogens (primary N) is 1. The van der Waals surface area contributed by atoms with Gasteiger partial charge in [-0.05, 0) is 86.1 Å². The van der Waals surface area contributed by atoms with E-state index in [1.807, 2.05) is 37.3 Å². The Morgan fingerprint density at radius 2 is 1.94 bits per heavy atom. The number of benzene rings is 1. The van der Waals surface area contributed by atoms with Gasteiger partial charge in [-0.2, -0.15) is 0 Å². The number of aromatic nitrogens is 1. The third-order valence-corrected chi connectivity index (χ3v) is 12.6. The Kier molecular flexibility index (Phi) is 10.3. The monoisotopic (exact) mass is 696 g/mol. The van der Waals surface area contributed by atoms with Crippen LogP contribution < -0.4 is 20.7 Å². The molecule has 2 fully saturated rings. The van der Waals surface area contributed by atoms with Crippen LogP contribution in [-0.2, 0) is 0 Å². The normalized spacial score (nSPS) is 26.5. The molecule has 7 rings (SSSR count). The van der Waals surface area contributed by atoms with Crippen LogP contribution in [0.1, 0.15) is 124 Å². The Bertz CT molecular complexity index is 1750. The first kappa shape index (κ1) is 34.1. The molecule has 4 aliphatic rings. The summed E-state index contributed by atoms with van der Waals surface area (Å²) in [6, 6.07) is 15.1. The van der Waals surface area contributed by atoms with Crippen molar-refractivity contribution in [3.63, 3.8) is 0 Å². The number of hydrogen-bond donors (Lipinski definition) is 2. The average molecular weight is 697 g/mol. The van der Waals surface area contributed by atoms with Gasteiger partial charge in [-0.25, -0.2) is 0 Å². The van der Waals surface area contributed by atoms with Crippen molar-refractivity contribution in [3.05, 3.63) is 105 Å². The van der Waals surface area contributed by atoms with Crippen molar-refractivity contribution in [2.45, 2.75) is 103 Å². The second-order valence-corrected chi connectivity index (χ2v) is 16.1. The fourth-order valence-electron chi connectivity index (χ4n) is 8.28. The van der Waals surface area contributed by atoms with Crippen molar-refractivity contribution < 1.29 is 9.53 Å². The lowest BCUT2D eigenvalue weighted by Gasteiger charge is -2.43. The first-order valence-electron chi connectivity index (χ1n) is 18.2. The van der Waals surface area contributed by atoms with E-state index in [9.17, 15) is 4.79 Å². The smallest absolute Gasteiger partial charge is 0.262 e. The first-order chi connectivity index (χ1) is 23.7. The van der Waals surface area contributed by atoms with Crippen LogP contribution in [0.25, 0.3) is 5.57 Å². The molecule has 258 valence electrons. The molecule has 3 N–H and O–H groups in total. The number of allylic oxidation sites excluding steroid dienone is 5. The number of ether oxygens (including phenoxy) is 1. The number of hydrogen-bond acceptors (Lipinski definition) is 6. The summed E-state index contributed by atoms with van der Waals surface area (Å²) in [7, 11) is 0. The van der Waals surface area contributed by atoms with Crippen molar-refractivity contribution in [2.75, 3.05) is 4.90 Å². The number of primary amides is 1. The third kappa shape index (κ3) is 7.40. The molecule has 1 saturated heterocycles. The number of anilines is 1. The summed E-state index contributed by atoms with van der Waals surface area (Å²) in [6.07, 6.45) is 20.8. The van der Waals surface area contributed by atoms with Gasteiger partial charge in [0.25, 0.3) is 5.91 Å². The van der Waals surface area contributed by atoms with Crippen LogP contribution in [-0.4, -0.2) is 16.9 Å². The molecule has 2 aromatic heterocycles. The SMILES string of the molecule is CC1CCCCC(C2CC(c3ccc(C4=CC5=C(C(C)C4)N(c4cc(O[C@H](C)c6ccccc6Cl)c(C(N)=O)s4)C=CCC5)cn3)N2)CC1. The molecule has 8 heteroatoms. The van der Waals surface area contributed by atoms with Crippen LogP contribution in [0.2, 0.25) is 5.02 Å². The Labute approximate surface area is 300 Å². The lowest BCUT2D eigenvalue weighted by atomic mass is 9.76. The number of amides is 1. The van der Waals surface area contributed by atoms with Crippen molar-refractivity contribution >= 4 is 39.4 Å². The summed E-state index contributed by atoms with van der Waals surface area (Å²) < 4.78 is 6.34. The zero-order valence-electron chi connectivity index (χ0n) is 29.0. The maximum Gasteiger partial charge on any atom is 0.262 e. The van der Waals surface area contributed by atoms with Crippen molar-refractivity contribution in [3.8, 4) is 5.75 Å². The van der Waals surface area contributed by atoms with Gasteiger partial charge >= 0.3 is 0 Å². The van der Waals surface area contributed by atoms with Crippen LogP contribution in [0.5, 0.6) is 5.75 Å². The van der Waals surface area contributed by atoms with Crippen LogP contribution in [0.3, 0.4) is 0 Å². The molecule has 5 unspecified atom stereocenters. The Hall–Kier alpha value is -3.39. The van der Waals surface area contributed by atoms with Crippen molar-refractivity contribution in [1.29, 1.82) is 0 Å². The van der Waals surface area contributed by atoms with Crippen molar-refractivity contribution in [2.24, 2.45) is 23.5 Å². The largest absolute Gasteiger partial charge is 0.484 e. The minimum Gasteiger partial charge on any atom is -0.484 e. The molecule has 3 aromatic rings. The minimum atomic E-state index is -0.498. The first-order valence-corrected chi connectivity index (χ1v) is 19.4. The Morgan fingerprint density at radius 1 is 1.12 bits per heavy atom. The van der Waals surface area contributed by atoms with Gasteiger partial charge in [-0.15, -0.1) is 11.3 Å². The minimum absolute atomic E-state index is 0.267. The standard InChI is InChI=1S/C41H49ClN4O2S/c1-25-10-4-5-11-28(16-15-25)35-22-36(45-35)34-18-17-30(24-44-34)31-20-26(2)39-29(21-31)12-8-9-19-46(39)38-23-37(40(49-38)41(43)47)48-27(3)32-13-6-7-14-33(32)42/h6-7,9,13-14,17-19,21,23-28,35-36,45H,4-5,8,10-12,15-16,20,22H2,1-3H3,(H2,43,47)/t25?,26?,27-,28?,35?,36?/m1/s1. The molecule has 0 bridgehead atoms. The zero-order chi connectivity index (χ0) is 34.1. The predicted octanol–water partition coefficient (Wildman–Crippen LogP) is 10.5. The van der Waals surface area contributed by atoms with Gasteiger partial charge in [0, 0.05) is 46.7 Å². The van der Waals surface area contributed by atoms with Gasteiger partial charge in [-0.3, -0.25) is 9.78 Å². The van der Waals surface area contributed by atoms with Crippen LogP contribution >= 0.6 is 22.9 Å². The van der Waals surface area contributed by atoms with Gasteiger partial charge in [0.05, 0.1) is 11.7 Å². The maximum atomic E-state index is 12.6. The summed E-state index contributed by atoms with van der Waals surface area (Å²) in [5.74, 6) is 1.94. The molecule has 6 nitrogen and oxygen atoms in total. The molecule has 6 atom stereocenters. The number of nitrogens with one attached hydrogen (secondary N) is 1.